The molecule has 0 heterocycles. The molecule has 0 aliphatic heterocycles. The maximum absolute atomic E-state index is 14.8. The summed E-state index contributed by atoms with van der Waals surface area (Å²) in [5, 5.41) is 10.3. The molecule has 5 nitrogen and oxygen atoms in total. The zero-order valence-corrected chi connectivity index (χ0v) is 26.9. The molecule has 0 aromatic heterocycles. The summed E-state index contributed by atoms with van der Waals surface area (Å²) in [7, 11) is 0. The standard InChI is InChI=1S/C16H12ClF6NO.C16H13ClF5NO2/c1-9-8-10(2-7-13(9)24)14(18,15(19,20)21)16(22,23)25-12-5-3-11(17)4-6-12;1-9-8-10(2-7-13(9)23)14(24,15(18,19)20)16(21,22)25-12-5-3-11(17)4-6-12/h2-8H,24H2,1H3;2-8,24H,23H2,1H3. The number of benzene rings is 4. The van der Waals surface area contributed by atoms with Gasteiger partial charge in [0, 0.05) is 32.5 Å². The molecule has 0 saturated heterocycles. The highest BCUT2D eigenvalue weighted by molar-refractivity contribution is 6.30. The van der Waals surface area contributed by atoms with Crippen LogP contribution in [-0.4, -0.2) is 29.7 Å². The number of nitrogens with two attached hydrogens (primary N) is 2. The lowest BCUT2D eigenvalue weighted by Gasteiger charge is -2.36. The summed E-state index contributed by atoms with van der Waals surface area (Å²) in [5.74, 6) is -1.27. The van der Waals surface area contributed by atoms with Gasteiger partial charge in [-0.1, -0.05) is 47.5 Å². The van der Waals surface area contributed by atoms with E-state index in [1.165, 1.54) is 13.8 Å². The molecule has 0 aliphatic rings. The molecule has 0 radical (unpaired) electrons. The van der Waals surface area contributed by atoms with Gasteiger partial charge in [0.25, 0.3) is 5.60 Å². The van der Waals surface area contributed by atoms with Crippen LogP contribution in [0.15, 0.2) is 84.9 Å². The van der Waals surface area contributed by atoms with Crippen LogP contribution in [0.4, 0.5) is 59.7 Å². The Hall–Kier alpha value is -4.15. The Labute approximate surface area is 287 Å². The number of aliphatic hydroxyl groups is 1. The highest BCUT2D eigenvalue weighted by Crippen LogP contribution is 2.54. The summed E-state index contributed by atoms with van der Waals surface area (Å²) in [6.45, 7) is 2.60. The first-order valence-electron chi connectivity index (χ1n) is 13.7. The normalized spacial score (nSPS) is 14.9. The molecule has 4 rings (SSSR count). The van der Waals surface area contributed by atoms with E-state index in [1.54, 1.807) is 0 Å². The van der Waals surface area contributed by atoms with Gasteiger partial charge in [-0.2, -0.15) is 43.9 Å². The fourth-order valence-corrected chi connectivity index (χ4v) is 4.48. The third kappa shape index (κ3) is 8.08. The molecular formula is C32H25Cl2F11N2O3. The van der Waals surface area contributed by atoms with Crippen LogP contribution < -0.4 is 20.9 Å². The number of hydrogen-bond acceptors (Lipinski definition) is 5. The molecule has 2 unspecified atom stereocenters. The predicted octanol–water partition coefficient (Wildman–Crippen LogP) is 10.3. The molecular weight excluding hydrogens is 740 g/mol. The summed E-state index contributed by atoms with van der Waals surface area (Å²) in [5.41, 5.74) is -0.881. The smallest absolute Gasteiger partial charge is 0.430 e. The Balaban J connectivity index is 0.000000270. The monoisotopic (exact) mass is 764 g/mol. The Kier molecular flexibility index (Phi) is 11.5. The molecule has 18 heteroatoms. The van der Waals surface area contributed by atoms with Crippen molar-refractivity contribution in [1.29, 1.82) is 0 Å². The van der Waals surface area contributed by atoms with E-state index in [4.69, 9.17) is 34.7 Å². The van der Waals surface area contributed by atoms with E-state index in [-0.39, 0.29) is 32.5 Å². The molecule has 2 atom stereocenters. The van der Waals surface area contributed by atoms with Gasteiger partial charge < -0.3 is 26.0 Å². The zero-order valence-electron chi connectivity index (χ0n) is 25.4. The number of nitrogen functional groups attached to an aromatic ring is 2. The molecule has 4 aromatic carbocycles. The van der Waals surface area contributed by atoms with Crippen molar-refractivity contribution < 1.29 is 62.9 Å². The van der Waals surface area contributed by atoms with Crippen LogP contribution in [-0.2, 0) is 11.3 Å². The second kappa shape index (κ2) is 14.2. The van der Waals surface area contributed by atoms with Crippen molar-refractivity contribution in [2.75, 3.05) is 11.5 Å². The zero-order chi connectivity index (χ0) is 38.1. The Bertz CT molecular complexity index is 1660. The topological polar surface area (TPSA) is 90.7 Å². The molecule has 0 amide bonds. The van der Waals surface area contributed by atoms with Gasteiger partial charge >= 0.3 is 30.2 Å². The second-order valence-corrected chi connectivity index (χ2v) is 11.5. The van der Waals surface area contributed by atoms with Gasteiger partial charge in [-0.15, -0.1) is 0 Å². The Morgan fingerprint density at radius 2 is 0.880 bits per heavy atom. The van der Waals surface area contributed by atoms with Gasteiger partial charge in [0.2, 0.25) is 0 Å². The average Bonchev–Trinajstić information content (AvgIpc) is 3.00. The minimum absolute atomic E-state index is 0.0195. The van der Waals surface area contributed by atoms with Gasteiger partial charge in [-0.3, -0.25) is 0 Å². The van der Waals surface area contributed by atoms with Crippen LogP contribution in [0.5, 0.6) is 11.5 Å². The van der Waals surface area contributed by atoms with E-state index >= 15 is 0 Å². The van der Waals surface area contributed by atoms with Gasteiger partial charge in [0.1, 0.15) is 11.5 Å². The van der Waals surface area contributed by atoms with Crippen molar-refractivity contribution >= 4 is 34.6 Å². The maximum Gasteiger partial charge on any atom is 0.446 e. The lowest BCUT2D eigenvalue weighted by atomic mass is 9.90. The van der Waals surface area contributed by atoms with E-state index in [0.717, 1.165) is 66.7 Å². The third-order valence-corrected chi connectivity index (χ3v) is 7.60. The molecule has 5 N–H and O–H groups in total. The van der Waals surface area contributed by atoms with E-state index in [9.17, 15) is 53.4 Å². The van der Waals surface area contributed by atoms with E-state index in [0.29, 0.717) is 18.2 Å². The van der Waals surface area contributed by atoms with Crippen LogP contribution in [0.25, 0.3) is 0 Å². The van der Waals surface area contributed by atoms with Gasteiger partial charge in [0.05, 0.1) is 0 Å². The van der Waals surface area contributed by atoms with Crippen molar-refractivity contribution in [3.8, 4) is 11.5 Å². The number of halogens is 13. The fraction of sp³-hybridized carbons (Fsp3) is 0.250. The van der Waals surface area contributed by atoms with Crippen molar-refractivity contribution in [3.63, 3.8) is 0 Å². The highest BCUT2D eigenvalue weighted by Gasteiger charge is 2.75. The summed E-state index contributed by atoms with van der Waals surface area (Å²) in [6.07, 6.45) is -22.0. The molecule has 0 fully saturated rings. The average molecular weight is 765 g/mol. The molecule has 0 saturated carbocycles. The number of aryl methyl sites for hydroxylation is 2. The van der Waals surface area contributed by atoms with Crippen LogP contribution in [0.1, 0.15) is 22.3 Å². The van der Waals surface area contributed by atoms with E-state index in [2.05, 4.69) is 9.47 Å². The van der Waals surface area contributed by atoms with Gasteiger partial charge in [0.15, 0.2) is 0 Å². The molecule has 4 aromatic rings. The minimum atomic E-state index is -5.95. The SMILES string of the molecule is Cc1cc(C(F)(C(F)(F)F)C(F)(F)Oc2ccc(Cl)cc2)ccc1N.Cc1cc(C(O)(C(F)(F)F)C(F)(F)Oc2ccc(Cl)cc2)ccc1N. The first-order chi connectivity index (χ1) is 22.8. The van der Waals surface area contributed by atoms with Crippen molar-refractivity contribution in [2.24, 2.45) is 0 Å². The highest BCUT2D eigenvalue weighted by atomic mass is 35.5. The van der Waals surface area contributed by atoms with Crippen LogP contribution in [0.2, 0.25) is 10.0 Å². The predicted molar refractivity (Wildman–Crippen MR) is 164 cm³/mol. The van der Waals surface area contributed by atoms with Gasteiger partial charge in [-0.05, 0) is 85.6 Å². The van der Waals surface area contributed by atoms with E-state index in [1.807, 2.05) is 0 Å². The number of ether oxygens (including phenoxy) is 2. The second-order valence-electron chi connectivity index (χ2n) is 10.7. The summed E-state index contributed by atoms with van der Waals surface area (Å²) < 4.78 is 161. The summed E-state index contributed by atoms with van der Waals surface area (Å²) in [4.78, 5) is 0. The first-order valence-corrected chi connectivity index (χ1v) is 14.4. The summed E-state index contributed by atoms with van der Waals surface area (Å²) in [6, 6.07) is 12.8. The Morgan fingerprint density at radius 3 is 1.24 bits per heavy atom. The lowest BCUT2D eigenvalue weighted by molar-refractivity contribution is -0.390. The molecule has 0 bridgehead atoms. The quantitative estimate of drug-likeness (QED) is 0.123. The number of hydrogen-bond donors (Lipinski definition) is 3. The first kappa shape index (κ1) is 40.3. The molecule has 50 heavy (non-hydrogen) atoms. The number of rotatable bonds is 8. The summed E-state index contributed by atoms with van der Waals surface area (Å²) >= 11 is 11.2. The minimum Gasteiger partial charge on any atom is -0.430 e. The molecule has 272 valence electrons. The van der Waals surface area contributed by atoms with Crippen LogP contribution in [0, 0.1) is 13.8 Å². The van der Waals surface area contributed by atoms with Crippen LogP contribution in [0.3, 0.4) is 0 Å². The largest absolute Gasteiger partial charge is 0.446 e. The van der Waals surface area contributed by atoms with Crippen molar-refractivity contribution in [1.82, 2.24) is 0 Å². The third-order valence-electron chi connectivity index (χ3n) is 7.10. The van der Waals surface area contributed by atoms with Crippen molar-refractivity contribution in [3.05, 3.63) is 117 Å². The number of anilines is 2. The van der Waals surface area contributed by atoms with Crippen LogP contribution >= 0.6 is 23.2 Å². The molecule has 0 aliphatic carbocycles. The van der Waals surface area contributed by atoms with Crippen molar-refractivity contribution in [2.45, 2.75) is 49.7 Å². The maximum atomic E-state index is 14.8. The lowest BCUT2D eigenvalue weighted by Crippen LogP contribution is -2.58. The number of alkyl halides is 11. The van der Waals surface area contributed by atoms with E-state index < -0.39 is 58.5 Å². The Morgan fingerprint density at radius 1 is 0.520 bits per heavy atom. The molecule has 0 spiro atoms. The van der Waals surface area contributed by atoms with Gasteiger partial charge in [-0.25, -0.2) is 4.39 Å². The fourth-order valence-electron chi connectivity index (χ4n) is 4.23.